The van der Waals surface area contributed by atoms with Crippen molar-refractivity contribution in [2.24, 2.45) is 4.99 Å². The van der Waals surface area contributed by atoms with Crippen LogP contribution in [0.2, 0.25) is 0 Å². The summed E-state index contributed by atoms with van der Waals surface area (Å²) in [6.07, 6.45) is 0. The van der Waals surface area contributed by atoms with Crippen molar-refractivity contribution in [1.29, 1.82) is 0 Å². The second-order valence-electron chi connectivity index (χ2n) is 3.39. The van der Waals surface area contributed by atoms with Crippen molar-refractivity contribution in [3.8, 4) is 5.75 Å². The Labute approximate surface area is 95.2 Å². The van der Waals surface area contributed by atoms with Crippen LogP contribution < -0.4 is 4.74 Å². The Kier molecular flexibility index (Phi) is 3.34. The third-order valence-corrected chi connectivity index (χ3v) is 2.30. The fourth-order valence-electron chi connectivity index (χ4n) is 1.46. The van der Waals surface area contributed by atoms with Crippen molar-refractivity contribution < 1.29 is 4.74 Å². The number of benzene rings is 2. The topological polar surface area (TPSA) is 21.6 Å². The molecule has 0 aliphatic carbocycles. The van der Waals surface area contributed by atoms with Crippen molar-refractivity contribution in [3.05, 3.63) is 60.2 Å². The van der Waals surface area contributed by atoms with E-state index >= 15 is 0 Å². The van der Waals surface area contributed by atoms with Crippen molar-refractivity contribution >= 4 is 12.4 Å². The molecule has 0 bridgehead atoms. The minimum atomic E-state index is 0.513. The van der Waals surface area contributed by atoms with Gasteiger partial charge in [-0.05, 0) is 24.9 Å². The molecule has 0 saturated carbocycles. The molecule has 0 amide bonds. The van der Waals surface area contributed by atoms with Gasteiger partial charge in [0.2, 0.25) is 0 Å². The highest BCUT2D eigenvalue weighted by Crippen LogP contribution is 2.20. The number of nitrogens with zero attached hydrogens (tertiary/aromatic N) is 1. The van der Waals surface area contributed by atoms with Gasteiger partial charge in [0.05, 0.1) is 5.69 Å². The van der Waals surface area contributed by atoms with Gasteiger partial charge in [0.25, 0.3) is 0 Å². The number of ether oxygens (including phenoxy) is 1. The third-order valence-electron chi connectivity index (χ3n) is 2.30. The molecule has 2 rings (SSSR count). The first kappa shape index (κ1) is 10.4. The molecule has 0 aromatic heterocycles. The summed E-state index contributed by atoms with van der Waals surface area (Å²) in [6.45, 7) is 4.05. The Hall–Kier alpha value is -2.09. The lowest BCUT2D eigenvalue weighted by atomic mass is 10.2. The van der Waals surface area contributed by atoms with Crippen LogP contribution in [0.5, 0.6) is 5.75 Å². The van der Waals surface area contributed by atoms with Gasteiger partial charge in [-0.1, -0.05) is 36.4 Å². The molecule has 2 nitrogen and oxygen atoms in total. The summed E-state index contributed by atoms with van der Waals surface area (Å²) in [7, 11) is 0. The Morgan fingerprint density at radius 1 is 0.938 bits per heavy atom. The van der Waals surface area contributed by atoms with Crippen LogP contribution in [0.1, 0.15) is 5.56 Å². The predicted octanol–water partition coefficient (Wildman–Crippen LogP) is 3.60. The van der Waals surface area contributed by atoms with E-state index in [0.29, 0.717) is 6.61 Å². The average molecular weight is 211 g/mol. The van der Waals surface area contributed by atoms with E-state index in [1.807, 2.05) is 54.6 Å². The van der Waals surface area contributed by atoms with E-state index in [2.05, 4.69) is 11.7 Å². The summed E-state index contributed by atoms with van der Waals surface area (Å²) < 4.78 is 5.65. The van der Waals surface area contributed by atoms with Crippen LogP contribution in [0, 0.1) is 0 Å². The van der Waals surface area contributed by atoms with Gasteiger partial charge in [-0.3, -0.25) is 4.99 Å². The lowest BCUT2D eigenvalue weighted by Crippen LogP contribution is -1.95. The van der Waals surface area contributed by atoms with E-state index in [0.717, 1.165) is 17.0 Å². The first-order valence-corrected chi connectivity index (χ1v) is 5.12. The fourth-order valence-corrected chi connectivity index (χ4v) is 1.46. The molecule has 0 heterocycles. The van der Waals surface area contributed by atoms with E-state index in [-0.39, 0.29) is 0 Å². The molecule has 0 atom stereocenters. The molecular formula is C14H13NO. The second-order valence-corrected chi connectivity index (χ2v) is 3.39. The van der Waals surface area contributed by atoms with Gasteiger partial charge >= 0.3 is 0 Å². The molecule has 0 spiro atoms. The van der Waals surface area contributed by atoms with Crippen molar-refractivity contribution in [2.45, 2.75) is 6.61 Å². The average Bonchev–Trinajstić information content (AvgIpc) is 2.38. The number of hydrogen-bond acceptors (Lipinski definition) is 2. The monoisotopic (exact) mass is 211 g/mol. The van der Waals surface area contributed by atoms with Gasteiger partial charge in [0, 0.05) is 5.56 Å². The molecule has 0 saturated heterocycles. The first-order valence-electron chi connectivity index (χ1n) is 5.12. The Bertz CT molecular complexity index is 465. The SMILES string of the molecule is C=Nc1ccccc1COc1ccccc1. The Morgan fingerprint density at radius 2 is 1.62 bits per heavy atom. The second kappa shape index (κ2) is 5.12. The third kappa shape index (κ3) is 2.48. The normalized spacial score (nSPS) is 9.75. The molecule has 0 aliphatic heterocycles. The largest absolute Gasteiger partial charge is 0.489 e. The standard InChI is InChI=1S/C14H13NO/c1-15-14-10-6-5-7-12(14)11-16-13-8-3-2-4-9-13/h2-10H,1,11H2. The molecule has 0 radical (unpaired) electrons. The van der Waals surface area contributed by atoms with Crippen LogP contribution in [-0.2, 0) is 6.61 Å². The summed E-state index contributed by atoms with van der Waals surface area (Å²) >= 11 is 0. The molecule has 0 fully saturated rings. The van der Waals surface area contributed by atoms with E-state index in [1.54, 1.807) is 0 Å². The number of rotatable bonds is 4. The molecule has 0 N–H and O–H groups in total. The van der Waals surface area contributed by atoms with Crippen LogP contribution in [0.3, 0.4) is 0 Å². The van der Waals surface area contributed by atoms with Crippen molar-refractivity contribution in [3.63, 3.8) is 0 Å². The van der Waals surface area contributed by atoms with Gasteiger partial charge in [0.1, 0.15) is 12.4 Å². The molecule has 0 aliphatic rings. The molecule has 80 valence electrons. The Balaban J connectivity index is 2.08. The molecule has 2 aromatic rings. The van der Waals surface area contributed by atoms with Gasteiger partial charge in [-0.15, -0.1) is 0 Å². The predicted molar refractivity (Wildman–Crippen MR) is 66.4 cm³/mol. The quantitative estimate of drug-likeness (QED) is 0.708. The highest BCUT2D eigenvalue weighted by Gasteiger charge is 2.00. The summed E-state index contributed by atoms with van der Waals surface area (Å²) in [5.41, 5.74) is 1.92. The first-order chi connectivity index (χ1) is 7.90. The van der Waals surface area contributed by atoms with Crippen molar-refractivity contribution in [2.75, 3.05) is 0 Å². The summed E-state index contributed by atoms with van der Waals surface area (Å²) in [4.78, 5) is 3.95. The lowest BCUT2D eigenvalue weighted by Gasteiger charge is -2.07. The molecule has 2 heteroatoms. The van der Waals surface area contributed by atoms with Crippen LogP contribution >= 0.6 is 0 Å². The van der Waals surface area contributed by atoms with Gasteiger partial charge in [-0.2, -0.15) is 0 Å². The molecular weight excluding hydrogens is 198 g/mol. The number of aliphatic imine (C=N–C) groups is 1. The zero-order valence-electron chi connectivity index (χ0n) is 8.97. The number of hydrogen-bond donors (Lipinski definition) is 0. The van der Waals surface area contributed by atoms with E-state index in [1.165, 1.54) is 0 Å². The van der Waals surface area contributed by atoms with Gasteiger partial charge in [-0.25, -0.2) is 0 Å². The molecule has 16 heavy (non-hydrogen) atoms. The minimum absolute atomic E-state index is 0.513. The van der Waals surface area contributed by atoms with E-state index < -0.39 is 0 Å². The fraction of sp³-hybridized carbons (Fsp3) is 0.0714. The van der Waals surface area contributed by atoms with Crippen LogP contribution in [0.25, 0.3) is 0 Å². The highest BCUT2D eigenvalue weighted by molar-refractivity contribution is 5.51. The lowest BCUT2D eigenvalue weighted by molar-refractivity contribution is 0.306. The number of para-hydroxylation sites is 2. The minimum Gasteiger partial charge on any atom is -0.489 e. The van der Waals surface area contributed by atoms with E-state index in [9.17, 15) is 0 Å². The van der Waals surface area contributed by atoms with E-state index in [4.69, 9.17) is 4.74 Å². The maximum atomic E-state index is 5.65. The maximum absolute atomic E-state index is 5.65. The van der Waals surface area contributed by atoms with Gasteiger partial charge < -0.3 is 4.74 Å². The van der Waals surface area contributed by atoms with Crippen LogP contribution in [0.15, 0.2) is 59.6 Å². The Morgan fingerprint density at radius 3 is 2.38 bits per heavy atom. The van der Waals surface area contributed by atoms with Crippen LogP contribution in [0.4, 0.5) is 5.69 Å². The zero-order valence-corrected chi connectivity index (χ0v) is 8.97. The smallest absolute Gasteiger partial charge is 0.119 e. The highest BCUT2D eigenvalue weighted by atomic mass is 16.5. The zero-order chi connectivity index (χ0) is 11.2. The van der Waals surface area contributed by atoms with Crippen molar-refractivity contribution in [1.82, 2.24) is 0 Å². The summed E-state index contributed by atoms with van der Waals surface area (Å²) in [5, 5.41) is 0. The summed E-state index contributed by atoms with van der Waals surface area (Å²) in [6, 6.07) is 17.6. The summed E-state index contributed by atoms with van der Waals surface area (Å²) in [5.74, 6) is 0.862. The molecule has 0 unspecified atom stereocenters. The molecule has 2 aromatic carbocycles. The van der Waals surface area contributed by atoms with Gasteiger partial charge in [0.15, 0.2) is 0 Å². The van der Waals surface area contributed by atoms with Crippen LogP contribution in [-0.4, -0.2) is 6.72 Å². The maximum Gasteiger partial charge on any atom is 0.119 e.